The minimum atomic E-state index is -0.116. The van der Waals surface area contributed by atoms with E-state index in [0.29, 0.717) is 17.2 Å². The predicted molar refractivity (Wildman–Crippen MR) is 66.9 cm³/mol. The van der Waals surface area contributed by atoms with Crippen LogP contribution in [0.3, 0.4) is 0 Å². The van der Waals surface area contributed by atoms with Gasteiger partial charge in [-0.3, -0.25) is 0 Å². The highest BCUT2D eigenvalue weighted by atomic mass is 32.1. The Bertz CT molecular complexity index is 357. The zero-order valence-corrected chi connectivity index (χ0v) is 10.8. The van der Waals surface area contributed by atoms with Gasteiger partial charge in [0, 0.05) is 11.6 Å². The molecule has 4 nitrogen and oxygen atoms in total. The van der Waals surface area contributed by atoms with E-state index in [2.05, 4.69) is 17.9 Å². The van der Waals surface area contributed by atoms with E-state index in [0.717, 1.165) is 5.56 Å². The van der Waals surface area contributed by atoms with E-state index in [4.69, 9.17) is 14.2 Å². The van der Waals surface area contributed by atoms with Crippen molar-refractivity contribution in [3.8, 4) is 17.2 Å². The van der Waals surface area contributed by atoms with E-state index in [1.165, 1.54) is 0 Å². The standard InChI is InChI=1S/C11H17NO3S/c1-12-11(16)7-5-9(14-3)10(15-4)6-8(7)13-2/h5-6,11-12,16H,1-4H3. The molecule has 0 aromatic heterocycles. The lowest BCUT2D eigenvalue weighted by Gasteiger charge is -2.17. The van der Waals surface area contributed by atoms with E-state index >= 15 is 0 Å². The van der Waals surface area contributed by atoms with Gasteiger partial charge in [-0.15, -0.1) is 0 Å². The maximum absolute atomic E-state index is 5.29. The fourth-order valence-electron chi connectivity index (χ4n) is 1.42. The van der Waals surface area contributed by atoms with Gasteiger partial charge in [0.2, 0.25) is 0 Å². The molecule has 1 unspecified atom stereocenters. The van der Waals surface area contributed by atoms with Crippen LogP contribution >= 0.6 is 12.6 Å². The molecule has 1 rings (SSSR count). The summed E-state index contributed by atoms with van der Waals surface area (Å²) in [4.78, 5) is 0. The number of benzene rings is 1. The summed E-state index contributed by atoms with van der Waals surface area (Å²) in [6.07, 6.45) is 0. The third-order valence-corrected chi connectivity index (χ3v) is 2.84. The number of hydrogen-bond donors (Lipinski definition) is 2. The summed E-state index contributed by atoms with van der Waals surface area (Å²) in [5.74, 6) is 2.01. The molecule has 0 radical (unpaired) electrons. The quantitative estimate of drug-likeness (QED) is 0.611. The summed E-state index contributed by atoms with van der Waals surface area (Å²) < 4.78 is 15.7. The van der Waals surface area contributed by atoms with Crippen LogP contribution in [0.4, 0.5) is 0 Å². The van der Waals surface area contributed by atoms with Crippen LogP contribution in [0.5, 0.6) is 17.2 Å². The first kappa shape index (κ1) is 13.0. The molecule has 0 fully saturated rings. The van der Waals surface area contributed by atoms with E-state index in [1.807, 2.05) is 13.1 Å². The van der Waals surface area contributed by atoms with Crippen molar-refractivity contribution in [1.29, 1.82) is 0 Å². The highest BCUT2D eigenvalue weighted by Crippen LogP contribution is 2.38. The van der Waals surface area contributed by atoms with E-state index in [-0.39, 0.29) is 5.37 Å². The van der Waals surface area contributed by atoms with Crippen LogP contribution in [0.25, 0.3) is 0 Å². The van der Waals surface area contributed by atoms with Gasteiger partial charge in [0.15, 0.2) is 11.5 Å². The highest BCUT2D eigenvalue weighted by Gasteiger charge is 2.15. The van der Waals surface area contributed by atoms with Crippen molar-refractivity contribution >= 4 is 12.6 Å². The number of ether oxygens (including phenoxy) is 3. The van der Waals surface area contributed by atoms with Crippen LogP contribution in [-0.4, -0.2) is 28.4 Å². The Labute approximate surface area is 101 Å². The number of methoxy groups -OCH3 is 3. The molecule has 1 aromatic carbocycles. The molecule has 0 heterocycles. The summed E-state index contributed by atoms with van der Waals surface area (Å²) in [5, 5.41) is 2.92. The lowest BCUT2D eigenvalue weighted by molar-refractivity contribution is 0.347. The molecule has 0 bridgehead atoms. The van der Waals surface area contributed by atoms with Gasteiger partial charge in [0.05, 0.1) is 26.7 Å². The molecule has 5 heteroatoms. The molecular weight excluding hydrogens is 226 g/mol. The molecule has 0 aliphatic heterocycles. The molecule has 1 N–H and O–H groups in total. The van der Waals surface area contributed by atoms with E-state index < -0.39 is 0 Å². The Hall–Kier alpha value is -1.07. The van der Waals surface area contributed by atoms with Gasteiger partial charge in [0.25, 0.3) is 0 Å². The third kappa shape index (κ3) is 2.54. The van der Waals surface area contributed by atoms with E-state index in [9.17, 15) is 0 Å². The molecular formula is C11H17NO3S. The number of thiol groups is 1. The van der Waals surface area contributed by atoms with Crippen molar-refractivity contribution in [2.24, 2.45) is 0 Å². The summed E-state index contributed by atoms with van der Waals surface area (Å²) in [5.41, 5.74) is 0.908. The summed E-state index contributed by atoms with van der Waals surface area (Å²) in [6, 6.07) is 3.64. The van der Waals surface area contributed by atoms with Crippen molar-refractivity contribution in [3.05, 3.63) is 17.7 Å². The number of hydrogen-bond acceptors (Lipinski definition) is 5. The second-order valence-corrected chi connectivity index (χ2v) is 3.66. The lowest BCUT2D eigenvalue weighted by Crippen LogP contribution is -2.11. The Kier molecular flexibility index (Phi) is 4.76. The average Bonchev–Trinajstić information content (AvgIpc) is 2.35. The molecule has 0 spiro atoms. The van der Waals surface area contributed by atoms with Crippen LogP contribution in [0.1, 0.15) is 10.9 Å². The minimum Gasteiger partial charge on any atom is -0.496 e. The molecule has 16 heavy (non-hydrogen) atoms. The fourth-order valence-corrected chi connectivity index (χ4v) is 1.62. The van der Waals surface area contributed by atoms with Gasteiger partial charge in [-0.05, 0) is 13.1 Å². The number of nitrogens with one attached hydrogen (secondary N) is 1. The van der Waals surface area contributed by atoms with Crippen LogP contribution in [0, 0.1) is 0 Å². The van der Waals surface area contributed by atoms with Crippen LogP contribution in [0.15, 0.2) is 12.1 Å². The molecule has 0 aliphatic carbocycles. The minimum absolute atomic E-state index is 0.116. The van der Waals surface area contributed by atoms with Crippen molar-refractivity contribution < 1.29 is 14.2 Å². The Morgan fingerprint density at radius 2 is 1.50 bits per heavy atom. The predicted octanol–water partition coefficient (Wildman–Crippen LogP) is 1.86. The van der Waals surface area contributed by atoms with Gasteiger partial charge < -0.3 is 19.5 Å². The first-order valence-corrected chi connectivity index (χ1v) is 5.34. The SMILES string of the molecule is CNC(S)c1cc(OC)c(OC)cc1OC. The lowest BCUT2D eigenvalue weighted by atomic mass is 10.1. The van der Waals surface area contributed by atoms with Crippen LogP contribution in [-0.2, 0) is 0 Å². The molecule has 0 aliphatic rings. The molecule has 0 saturated carbocycles. The summed E-state index contributed by atoms with van der Waals surface area (Å²) in [6.45, 7) is 0. The maximum Gasteiger partial charge on any atom is 0.164 e. The smallest absolute Gasteiger partial charge is 0.164 e. The largest absolute Gasteiger partial charge is 0.496 e. The second-order valence-electron chi connectivity index (χ2n) is 3.14. The van der Waals surface area contributed by atoms with Crippen LogP contribution < -0.4 is 19.5 Å². The van der Waals surface area contributed by atoms with Gasteiger partial charge in [-0.1, -0.05) is 0 Å². The summed E-state index contributed by atoms with van der Waals surface area (Å²) >= 11 is 4.41. The van der Waals surface area contributed by atoms with Gasteiger partial charge >= 0.3 is 0 Å². The van der Waals surface area contributed by atoms with Gasteiger partial charge in [0.1, 0.15) is 5.75 Å². The average molecular weight is 243 g/mol. The Morgan fingerprint density at radius 3 is 1.94 bits per heavy atom. The zero-order valence-electron chi connectivity index (χ0n) is 9.90. The van der Waals surface area contributed by atoms with Gasteiger partial charge in [-0.25, -0.2) is 0 Å². The fraction of sp³-hybridized carbons (Fsp3) is 0.455. The Morgan fingerprint density at radius 1 is 1.00 bits per heavy atom. The van der Waals surface area contributed by atoms with Crippen molar-refractivity contribution in [1.82, 2.24) is 5.32 Å². The first-order valence-electron chi connectivity index (χ1n) is 4.83. The van der Waals surface area contributed by atoms with Crippen molar-refractivity contribution in [3.63, 3.8) is 0 Å². The number of rotatable bonds is 5. The third-order valence-electron chi connectivity index (χ3n) is 2.30. The molecule has 0 amide bonds. The zero-order chi connectivity index (χ0) is 12.1. The Balaban J connectivity index is 3.25. The van der Waals surface area contributed by atoms with E-state index in [1.54, 1.807) is 27.4 Å². The molecule has 90 valence electrons. The first-order chi connectivity index (χ1) is 7.67. The monoisotopic (exact) mass is 243 g/mol. The van der Waals surface area contributed by atoms with Crippen molar-refractivity contribution in [2.75, 3.05) is 28.4 Å². The highest BCUT2D eigenvalue weighted by molar-refractivity contribution is 7.80. The normalized spacial score (nSPS) is 12.1. The van der Waals surface area contributed by atoms with Gasteiger partial charge in [-0.2, -0.15) is 12.6 Å². The van der Waals surface area contributed by atoms with Crippen molar-refractivity contribution in [2.45, 2.75) is 5.37 Å². The second kappa shape index (κ2) is 5.86. The maximum atomic E-state index is 5.29. The molecule has 1 atom stereocenters. The molecule has 1 aromatic rings. The van der Waals surface area contributed by atoms with Crippen LogP contribution in [0.2, 0.25) is 0 Å². The molecule has 0 saturated heterocycles. The summed E-state index contributed by atoms with van der Waals surface area (Å²) in [7, 11) is 6.63. The topological polar surface area (TPSA) is 39.7 Å².